The van der Waals surface area contributed by atoms with Crippen molar-refractivity contribution in [3.05, 3.63) is 0 Å². The lowest BCUT2D eigenvalue weighted by molar-refractivity contribution is 0.229. The molecule has 0 aliphatic carbocycles. The highest BCUT2D eigenvalue weighted by atomic mass is 32.2. The molecule has 0 saturated carbocycles. The van der Waals surface area contributed by atoms with E-state index in [-0.39, 0.29) is 26.2 Å². The Morgan fingerprint density at radius 2 is 1.40 bits per heavy atom. The Kier molecular flexibility index (Phi) is 4.75. The summed E-state index contributed by atoms with van der Waals surface area (Å²) in [6, 6.07) is 0. The zero-order valence-electron chi connectivity index (χ0n) is 12.0. The SMILES string of the molecule is C[C@H]1CCCN(S(=O)(=O)N2CCN(S(C)(=O)=O)CC2)C1. The van der Waals surface area contributed by atoms with Crippen LogP contribution < -0.4 is 0 Å². The number of hydrogen-bond acceptors (Lipinski definition) is 4. The maximum atomic E-state index is 12.5. The van der Waals surface area contributed by atoms with Crippen LogP contribution in [0.1, 0.15) is 19.8 Å². The molecule has 2 aliphatic rings. The molecule has 2 fully saturated rings. The van der Waals surface area contributed by atoms with Crippen molar-refractivity contribution < 1.29 is 16.8 Å². The first-order chi connectivity index (χ1) is 9.21. The molecule has 2 aliphatic heterocycles. The average Bonchev–Trinajstić information content (AvgIpc) is 2.38. The summed E-state index contributed by atoms with van der Waals surface area (Å²) in [5, 5.41) is 0. The van der Waals surface area contributed by atoms with E-state index in [1.165, 1.54) is 12.9 Å². The van der Waals surface area contributed by atoms with Gasteiger partial charge in [-0.15, -0.1) is 0 Å². The fourth-order valence-corrected chi connectivity index (χ4v) is 5.33. The van der Waals surface area contributed by atoms with Gasteiger partial charge in [0.1, 0.15) is 0 Å². The van der Waals surface area contributed by atoms with Gasteiger partial charge in [-0.25, -0.2) is 8.42 Å². The molecule has 7 nitrogen and oxygen atoms in total. The predicted octanol–water partition coefficient (Wildman–Crippen LogP) is -0.460. The Hall–Kier alpha value is -0.220. The van der Waals surface area contributed by atoms with Gasteiger partial charge in [0.15, 0.2) is 0 Å². The molecular weight excluding hydrogens is 302 g/mol. The fourth-order valence-electron chi connectivity index (χ4n) is 2.75. The topological polar surface area (TPSA) is 78.0 Å². The second kappa shape index (κ2) is 5.88. The van der Waals surface area contributed by atoms with Crippen molar-refractivity contribution >= 4 is 20.2 Å². The quantitative estimate of drug-likeness (QED) is 0.703. The Morgan fingerprint density at radius 1 is 0.850 bits per heavy atom. The third-order valence-electron chi connectivity index (χ3n) is 3.94. The number of piperazine rings is 1. The van der Waals surface area contributed by atoms with Gasteiger partial charge in [0.05, 0.1) is 6.26 Å². The molecule has 0 aromatic rings. The summed E-state index contributed by atoms with van der Waals surface area (Å²) in [4.78, 5) is 0. The molecule has 2 heterocycles. The Morgan fingerprint density at radius 3 is 1.90 bits per heavy atom. The molecule has 0 unspecified atom stereocenters. The largest absolute Gasteiger partial charge is 0.282 e. The van der Waals surface area contributed by atoms with Crippen molar-refractivity contribution in [2.45, 2.75) is 19.8 Å². The minimum atomic E-state index is -3.44. The van der Waals surface area contributed by atoms with E-state index in [4.69, 9.17) is 0 Å². The second-order valence-corrected chi connectivity index (χ2v) is 9.59. The molecule has 1 atom stereocenters. The summed E-state index contributed by atoms with van der Waals surface area (Å²) < 4.78 is 52.2. The normalized spacial score (nSPS) is 28.6. The number of hydrogen-bond donors (Lipinski definition) is 0. The molecule has 0 N–H and O–H groups in total. The number of nitrogens with zero attached hydrogens (tertiary/aromatic N) is 3. The number of rotatable bonds is 3. The molecule has 2 rings (SSSR count). The van der Waals surface area contributed by atoms with E-state index in [0.29, 0.717) is 19.0 Å². The van der Waals surface area contributed by atoms with Crippen LogP contribution in [-0.4, -0.2) is 75.3 Å². The van der Waals surface area contributed by atoms with Crippen molar-refractivity contribution in [3.8, 4) is 0 Å². The molecule has 0 aromatic heterocycles. The first-order valence-corrected chi connectivity index (χ1v) is 10.2. The van der Waals surface area contributed by atoms with Gasteiger partial charge in [-0.2, -0.15) is 21.3 Å². The summed E-state index contributed by atoms with van der Waals surface area (Å²) in [6.45, 7) is 4.14. The van der Waals surface area contributed by atoms with Gasteiger partial charge in [0.25, 0.3) is 10.2 Å². The van der Waals surface area contributed by atoms with Crippen molar-refractivity contribution in [2.75, 3.05) is 45.5 Å². The van der Waals surface area contributed by atoms with Gasteiger partial charge < -0.3 is 0 Å². The molecular formula is C11H23N3O4S2. The highest BCUT2D eigenvalue weighted by Crippen LogP contribution is 2.21. The van der Waals surface area contributed by atoms with Gasteiger partial charge in [0, 0.05) is 39.3 Å². The Bertz CT molecular complexity index is 538. The van der Waals surface area contributed by atoms with Gasteiger partial charge in [0.2, 0.25) is 10.0 Å². The van der Waals surface area contributed by atoms with Gasteiger partial charge in [-0.3, -0.25) is 0 Å². The van der Waals surface area contributed by atoms with Crippen LogP contribution >= 0.6 is 0 Å². The molecule has 0 radical (unpaired) electrons. The van der Waals surface area contributed by atoms with E-state index < -0.39 is 20.2 Å². The zero-order valence-corrected chi connectivity index (χ0v) is 13.7. The van der Waals surface area contributed by atoms with E-state index >= 15 is 0 Å². The number of sulfonamides is 1. The minimum absolute atomic E-state index is 0.236. The van der Waals surface area contributed by atoms with E-state index in [9.17, 15) is 16.8 Å². The summed E-state index contributed by atoms with van der Waals surface area (Å²) >= 11 is 0. The van der Waals surface area contributed by atoms with Crippen LogP contribution in [0.5, 0.6) is 0 Å². The van der Waals surface area contributed by atoms with Gasteiger partial charge >= 0.3 is 0 Å². The van der Waals surface area contributed by atoms with Gasteiger partial charge in [-0.1, -0.05) is 6.92 Å². The van der Waals surface area contributed by atoms with Crippen LogP contribution in [0, 0.1) is 5.92 Å². The molecule has 0 spiro atoms. The van der Waals surface area contributed by atoms with Crippen LogP contribution in [0.15, 0.2) is 0 Å². The monoisotopic (exact) mass is 325 g/mol. The molecule has 0 amide bonds. The lowest BCUT2D eigenvalue weighted by Gasteiger charge is -2.38. The van der Waals surface area contributed by atoms with Crippen molar-refractivity contribution in [2.24, 2.45) is 5.92 Å². The summed E-state index contributed by atoms with van der Waals surface area (Å²) in [5.74, 6) is 0.385. The van der Waals surface area contributed by atoms with E-state index in [2.05, 4.69) is 6.92 Å². The van der Waals surface area contributed by atoms with E-state index in [1.807, 2.05) is 0 Å². The third-order valence-corrected chi connectivity index (χ3v) is 7.24. The third kappa shape index (κ3) is 3.51. The van der Waals surface area contributed by atoms with Crippen LogP contribution in [0.25, 0.3) is 0 Å². The van der Waals surface area contributed by atoms with Crippen LogP contribution in [-0.2, 0) is 20.2 Å². The van der Waals surface area contributed by atoms with Crippen molar-refractivity contribution in [1.82, 2.24) is 12.9 Å². The van der Waals surface area contributed by atoms with Gasteiger partial charge in [-0.05, 0) is 18.8 Å². The lowest BCUT2D eigenvalue weighted by atomic mass is 10.0. The molecule has 118 valence electrons. The van der Waals surface area contributed by atoms with Crippen LogP contribution in [0.3, 0.4) is 0 Å². The highest BCUT2D eigenvalue weighted by Gasteiger charge is 2.35. The van der Waals surface area contributed by atoms with Crippen LogP contribution in [0.4, 0.5) is 0 Å². The smallest absolute Gasteiger partial charge is 0.213 e. The second-order valence-electron chi connectivity index (χ2n) is 5.67. The van der Waals surface area contributed by atoms with E-state index in [0.717, 1.165) is 19.1 Å². The summed E-state index contributed by atoms with van der Waals surface area (Å²) in [6.07, 6.45) is 3.11. The molecule has 9 heteroatoms. The Balaban J connectivity index is 2.02. The van der Waals surface area contributed by atoms with Crippen LogP contribution in [0.2, 0.25) is 0 Å². The fraction of sp³-hybridized carbons (Fsp3) is 1.00. The summed E-state index contributed by atoms with van der Waals surface area (Å²) in [7, 11) is -6.67. The lowest BCUT2D eigenvalue weighted by Crippen LogP contribution is -2.55. The molecule has 2 saturated heterocycles. The minimum Gasteiger partial charge on any atom is -0.213 e. The summed E-state index contributed by atoms with van der Waals surface area (Å²) in [5.41, 5.74) is 0. The van der Waals surface area contributed by atoms with Crippen molar-refractivity contribution in [1.29, 1.82) is 0 Å². The molecule has 0 bridgehead atoms. The maximum Gasteiger partial charge on any atom is 0.282 e. The first-order valence-electron chi connectivity index (χ1n) is 6.91. The Labute approximate surface area is 121 Å². The first kappa shape index (κ1) is 16.2. The zero-order chi connectivity index (χ0) is 15.0. The standard InChI is InChI=1S/C11H23N3O4S2/c1-11-4-3-5-14(10-11)20(17,18)13-8-6-12(7-9-13)19(2,15)16/h11H,3-10H2,1-2H3/t11-/m0/s1. The number of piperidine rings is 1. The van der Waals surface area contributed by atoms with E-state index in [1.54, 1.807) is 0 Å². The van der Waals surface area contributed by atoms with Crippen molar-refractivity contribution in [3.63, 3.8) is 0 Å². The average molecular weight is 325 g/mol. The highest BCUT2D eigenvalue weighted by molar-refractivity contribution is 7.88. The molecule has 0 aromatic carbocycles. The maximum absolute atomic E-state index is 12.5. The molecule has 20 heavy (non-hydrogen) atoms. The predicted molar refractivity (Wildman–Crippen MR) is 76.9 cm³/mol.